The van der Waals surface area contributed by atoms with Crippen molar-refractivity contribution in [2.75, 3.05) is 6.26 Å². The molecule has 15 heavy (non-hydrogen) atoms. The van der Waals surface area contributed by atoms with Gasteiger partial charge in [-0.05, 0) is 24.5 Å². The Labute approximate surface area is 97.8 Å². The van der Waals surface area contributed by atoms with Gasteiger partial charge in [0.15, 0.2) is 0 Å². The number of aromatic amines is 1. The maximum absolute atomic E-state index is 5.05. The zero-order valence-electron chi connectivity index (χ0n) is 8.23. The van der Waals surface area contributed by atoms with E-state index in [4.69, 9.17) is 12.2 Å². The minimum atomic E-state index is 0.703. The summed E-state index contributed by atoms with van der Waals surface area (Å²) in [4.78, 5) is 8.54. The fourth-order valence-electron chi connectivity index (χ4n) is 1.27. The van der Waals surface area contributed by atoms with Gasteiger partial charge in [-0.2, -0.15) is 0 Å². The molecule has 0 atom stereocenters. The van der Waals surface area contributed by atoms with Crippen LogP contribution < -0.4 is 0 Å². The van der Waals surface area contributed by atoms with Crippen molar-refractivity contribution in [2.24, 2.45) is 0 Å². The number of benzene rings is 1. The van der Waals surface area contributed by atoms with Gasteiger partial charge in [-0.15, -0.1) is 11.8 Å². The van der Waals surface area contributed by atoms with Crippen LogP contribution in [0, 0.1) is 4.64 Å². The molecule has 2 aromatic rings. The molecule has 0 aliphatic carbocycles. The van der Waals surface area contributed by atoms with Gasteiger partial charge < -0.3 is 4.98 Å². The largest absolute Gasteiger partial charge is 0.331 e. The van der Waals surface area contributed by atoms with E-state index in [9.17, 15) is 0 Å². The van der Waals surface area contributed by atoms with Crippen molar-refractivity contribution in [3.05, 3.63) is 41.2 Å². The highest BCUT2D eigenvalue weighted by atomic mass is 32.2. The van der Waals surface area contributed by atoms with Gasteiger partial charge in [0.1, 0.15) is 10.5 Å². The number of aromatic nitrogens is 2. The molecular weight excluding hydrogens is 224 g/mol. The highest BCUT2D eigenvalue weighted by Gasteiger charge is 1.98. The Hall–Kier alpha value is -1.13. The maximum Gasteiger partial charge on any atom is 0.138 e. The molecule has 0 aliphatic heterocycles. The van der Waals surface area contributed by atoms with E-state index in [2.05, 4.69) is 28.4 Å². The van der Waals surface area contributed by atoms with E-state index in [1.165, 1.54) is 4.90 Å². The first-order valence-electron chi connectivity index (χ1n) is 4.49. The molecule has 0 unspecified atom stereocenters. The Morgan fingerprint density at radius 2 is 1.93 bits per heavy atom. The van der Waals surface area contributed by atoms with Crippen molar-refractivity contribution in [3.63, 3.8) is 0 Å². The van der Waals surface area contributed by atoms with E-state index in [1.54, 1.807) is 24.0 Å². The average molecular weight is 234 g/mol. The molecule has 1 heterocycles. The third-order valence-corrected chi connectivity index (χ3v) is 3.02. The van der Waals surface area contributed by atoms with Crippen molar-refractivity contribution in [1.82, 2.24) is 9.97 Å². The summed E-state index contributed by atoms with van der Waals surface area (Å²) in [6, 6.07) is 10.0. The molecule has 0 saturated heterocycles. The van der Waals surface area contributed by atoms with E-state index in [-0.39, 0.29) is 0 Å². The van der Waals surface area contributed by atoms with Gasteiger partial charge in [0.25, 0.3) is 0 Å². The Bertz CT molecular complexity index is 502. The zero-order valence-corrected chi connectivity index (χ0v) is 9.86. The lowest BCUT2D eigenvalue weighted by Gasteiger charge is -2.01. The summed E-state index contributed by atoms with van der Waals surface area (Å²) < 4.78 is 0.703. The number of hydrogen-bond acceptors (Lipinski definition) is 3. The second-order valence-corrected chi connectivity index (χ2v) is 4.33. The molecule has 0 radical (unpaired) electrons. The quantitative estimate of drug-likeness (QED) is 0.636. The van der Waals surface area contributed by atoms with Crippen molar-refractivity contribution in [3.8, 4) is 11.4 Å². The second kappa shape index (κ2) is 4.59. The average Bonchev–Trinajstić information content (AvgIpc) is 2.29. The molecule has 2 rings (SSSR count). The van der Waals surface area contributed by atoms with Crippen molar-refractivity contribution < 1.29 is 0 Å². The highest BCUT2D eigenvalue weighted by Crippen LogP contribution is 2.19. The summed E-state index contributed by atoms with van der Waals surface area (Å²) in [5.41, 5.74) is 1.06. The molecule has 4 heteroatoms. The normalized spacial score (nSPS) is 10.2. The van der Waals surface area contributed by atoms with Gasteiger partial charge in [-0.3, -0.25) is 0 Å². The monoisotopic (exact) mass is 234 g/mol. The second-order valence-electron chi connectivity index (χ2n) is 3.01. The number of thioether (sulfide) groups is 1. The van der Waals surface area contributed by atoms with E-state index in [0.29, 0.717) is 4.64 Å². The Morgan fingerprint density at radius 3 is 2.53 bits per heavy atom. The molecule has 0 spiro atoms. The minimum Gasteiger partial charge on any atom is -0.331 e. The summed E-state index contributed by atoms with van der Waals surface area (Å²) >= 11 is 6.77. The van der Waals surface area contributed by atoms with Crippen LogP contribution in [0.2, 0.25) is 0 Å². The number of rotatable bonds is 2. The van der Waals surface area contributed by atoms with Crippen LogP contribution in [-0.2, 0) is 0 Å². The molecular formula is C11H10N2S2. The van der Waals surface area contributed by atoms with Crippen LogP contribution in [0.1, 0.15) is 0 Å². The van der Waals surface area contributed by atoms with Crippen molar-refractivity contribution in [2.45, 2.75) is 4.90 Å². The summed E-state index contributed by atoms with van der Waals surface area (Å²) in [5, 5.41) is 0. The summed E-state index contributed by atoms with van der Waals surface area (Å²) in [7, 11) is 0. The van der Waals surface area contributed by atoms with E-state index >= 15 is 0 Å². The third-order valence-electron chi connectivity index (χ3n) is 2.03. The highest BCUT2D eigenvalue weighted by molar-refractivity contribution is 7.98. The van der Waals surface area contributed by atoms with Crippen molar-refractivity contribution in [1.29, 1.82) is 0 Å². The van der Waals surface area contributed by atoms with Gasteiger partial charge in [-0.25, -0.2) is 4.98 Å². The number of nitrogens with one attached hydrogen (secondary N) is 1. The third kappa shape index (κ3) is 2.46. The molecule has 1 aromatic heterocycles. The lowest BCUT2D eigenvalue weighted by atomic mass is 10.2. The van der Waals surface area contributed by atoms with Crippen LogP contribution in [0.5, 0.6) is 0 Å². The summed E-state index contributed by atoms with van der Waals surface area (Å²) in [5.74, 6) is 0.815. The maximum atomic E-state index is 5.05. The molecule has 0 aliphatic rings. The Morgan fingerprint density at radius 1 is 1.20 bits per heavy atom. The molecule has 0 bridgehead atoms. The van der Waals surface area contributed by atoms with Crippen molar-refractivity contribution >= 4 is 24.0 Å². The molecule has 2 nitrogen and oxygen atoms in total. The van der Waals surface area contributed by atoms with Crippen LogP contribution in [0.25, 0.3) is 11.4 Å². The van der Waals surface area contributed by atoms with Crippen LogP contribution in [0.3, 0.4) is 0 Å². The lowest BCUT2D eigenvalue weighted by molar-refractivity contribution is 1.16. The predicted molar refractivity (Wildman–Crippen MR) is 66.6 cm³/mol. The zero-order chi connectivity index (χ0) is 10.7. The minimum absolute atomic E-state index is 0.703. The summed E-state index contributed by atoms with van der Waals surface area (Å²) in [6.45, 7) is 0. The Balaban J connectivity index is 2.41. The first kappa shape index (κ1) is 10.4. The number of hydrogen-bond donors (Lipinski definition) is 1. The van der Waals surface area contributed by atoms with E-state index in [0.717, 1.165) is 11.4 Å². The first-order chi connectivity index (χ1) is 7.29. The predicted octanol–water partition coefficient (Wildman–Crippen LogP) is 3.53. The fourth-order valence-corrected chi connectivity index (χ4v) is 1.83. The topological polar surface area (TPSA) is 28.7 Å². The van der Waals surface area contributed by atoms with Crippen LogP contribution in [0.4, 0.5) is 0 Å². The standard InChI is InChI=1S/C11H10N2S2/c1-15-9-4-2-8(3-5-9)11-12-7-6-10(14)13-11/h2-7H,1H3,(H,12,13,14). The van der Waals surface area contributed by atoms with Gasteiger partial charge in [0.05, 0.1) is 0 Å². The van der Waals surface area contributed by atoms with Gasteiger partial charge >= 0.3 is 0 Å². The van der Waals surface area contributed by atoms with Crippen LogP contribution in [0.15, 0.2) is 41.4 Å². The molecule has 76 valence electrons. The summed E-state index contributed by atoms with van der Waals surface area (Å²) in [6.07, 6.45) is 3.78. The first-order valence-corrected chi connectivity index (χ1v) is 6.12. The van der Waals surface area contributed by atoms with E-state index in [1.807, 2.05) is 12.1 Å². The van der Waals surface area contributed by atoms with Gasteiger partial charge in [-0.1, -0.05) is 24.4 Å². The van der Waals surface area contributed by atoms with Gasteiger partial charge in [0.2, 0.25) is 0 Å². The molecule has 1 N–H and O–H groups in total. The number of nitrogens with zero attached hydrogens (tertiary/aromatic N) is 1. The fraction of sp³-hybridized carbons (Fsp3) is 0.0909. The molecule has 0 fully saturated rings. The Kier molecular flexibility index (Phi) is 3.18. The van der Waals surface area contributed by atoms with Gasteiger partial charge in [0, 0.05) is 16.7 Å². The van der Waals surface area contributed by atoms with E-state index < -0.39 is 0 Å². The van der Waals surface area contributed by atoms with Crippen LogP contribution >= 0.6 is 24.0 Å². The molecule has 0 amide bonds. The number of H-pyrrole nitrogens is 1. The molecule has 0 saturated carbocycles. The van der Waals surface area contributed by atoms with Crippen LogP contribution in [-0.4, -0.2) is 16.2 Å². The smallest absolute Gasteiger partial charge is 0.138 e. The molecule has 1 aromatic carbocycles. The lowest BCUT2D eigenvalue weighted by Crippen LogP contribution is -1.87. The SMILES string of the molecule is CSc1ccc(-c2nccc(=S)[nH]2)cc1.